The number of rotatable bonds is 2. The third-order valence-electron chi connectivity index (χ3n) is 4.18. The Bertz CT molecular complexity index is 563. The van der Waals surface area contributed by atoms with Crippen LogP contribution >= 0.6 is 11.3 Å². The van der Waals surface area contributed by atoms with Gasteiger partial charge in [0.2, 0.25) is 0 Å². The highest BCUT2D eigenvalue weighted by Crippen LogP contribution is 2.23. The highest BCUT2D eigenvalue weighted by atomic mass is 32.1. The number of nitrogens with zero attached hydrogens (tertiary/aromatic N) is 3. The number of carbonyl (C=O) groups is 2. The largest absolute Gasteiger partial charge is 0.338 e. The first-order chi connectivity index (χ1) is 10.1. The van der Waals surface area contributed by atoms with Crippen molar-refractivity contribution >= 4 is 23.3 Å². The van der Waals surface area contributed by atoms with Gasteiger partial charge in [-0.25, -0.2) is 9.78 Å². The molecule has 7 heteroatoms. The van der Waals surface area contributed by atoms with Crippen LogP contribution in [0.1, 0.15) is 33.2 Å². The normalized spacial score (nSPS) is 20.0. The van der Waals surface area contributed by atoms with Crippen molar-refractivity contribution in [2.24, 2.45) is 0 Å². The highest BCUT2D eigenvalue weighted by molar-refractivity contribution is 7.13. The van der Waals surface area contributed by atoms with Crippen molar-refractivity contribution in [3.05, 3.63) is 15.6 Å². The minimum Gasteiger partial charge on any atom is -0.338 e. The van der Waals surface area contributed by atoms with Gasteiger partial charge in [-0.15, -0.1) is 11.3 Å². The Morgan fingerprint density at radius 1 is 1.29 bits per heavy atom. The van der Waals surface area contributed by atoms with E-state index >= 15 is 0 Å². The SMILES string of the molecule is Cc1nc(C)c(C(=O)N2CCC(N3CCNC3=O)CC2)s1. The lowest BCUT2D eigenvalue weighted by Gasteiger charge is -2.36. The first kappa shape index (κ1) is 14.3. The van der Waals surface area contributed by atoms with Gasteiger partial charge in [0.15, 0.2) is 0 Å². The van der Waals surface area contributed by atoms with Gasteiger partial charge in [0.25, 0.3) is 5.91 Å². The molecule has 2 aliphatic rings. The van der Waals surface area contributed by atoms with E-state index in [9.17, 15) is 9.59 Å². The monoisotopic (exact) mass is 308 g/mol. The van der Waals surface area contributed by atoms with Crippen molar-refractivity contribution in [1.29, 1.82) is 0 Å². The Morgan fingerprint density at radius 2 is 2.00 bits per heavy atom. The summed E-state index contributed by atoms with van der Waals surface area (Å²) in [6.45, 7) is 6.75. The van der Waals surface area contributed by atoms with Gasteiger partial charge in [-0.1, -0.05) is 0 Å². The molecular weight excluding hydrogens is 288 g/mol. The molecule has 2 aliphatic heterocycles. The van der Waals surface area contributed by atoms with Crippen molar-refractivity contribution in [1.82, 2.24) is 20.1 Å². The van der Waals surface area contributed by atoms with Gasteiger partial charge in [-0.2, -0.15) is 0 Å². The molecule has 6 nitrogen and oxygen atoms in total. The molecule has 114 valence electrons. The number of urea groups is 1. The van der Waals surface area contributed by atoms with Crippen LogP contribution in [0.5, 0.6) is 0 Å². The van der Waals surface area contributed by atoms with Crippen LogP contribution in [0.3, 0.4) is 0 Å². The summed E-state index contributed by atoms with van der Waals surface area (Å²) >= 11 is 1.47. The molecule has 0 bridgehead atoms. The fraction of sp³-hybridized carbons (Fsp3) is 0.643. The average Bonchev–Trinajstić information content (AvgIpc) is 3.04. The number of piperidine rings is 1. The molecule has 0 aromatic carbocycles. The standard InChI is InChI=1S/C14H20N4O2S/c1-9-12(21-10(2)16-9)13(19)17-6-3-11(4-7-17)18-8-5-15-14(18)20/h11H,3-8H2,1-2H3,(H,15,20). The first-order valence-corrected chi connectivity index (χ1v) is 8.15. The predicted octanol–water partition coefficient (Wildman–Crippen LogP) is 1.39. The van der Waals surface area contributed by atoms with E-state index in [1.54, 1.807) is 0 Å². The zero-order valence-corrected chi connectivity index (χ0v) is 13.2. The zero-order chi connectivity index (χ0) is 15.0. The number of nitrogens with one attached hydrogen (secondary N) is 1. The Morgan fingerprint density at radius 3 is 2.52 bits per heavy atom. The summed E-state index contributed by atoms with van der Waals surface area (Å²) in [6.07, 6.45) is 1.71. The van der Waals surface area contributed by atoms with E-state index in [1.165, 1.54) is 11.3 Å². The number of thiazole rings is 1. The van der Waals surface area contributed by atoms with Crippen LogP contribution in [0.15, 0.2) is 0 Å². The smallest absolute Gasteiger partial charge is 0.317 e. The molecule has 3 rings (SSSR count). The van der Waals surface area contributed by atoms with Crippen molar-refractivity contribution < 1.29 is 9.59 Å². The summed E-state index contributed by atoms with van der Waals surface area (Å²) < 4.78 is 0. The van der Waals surface area contributed by atoms with Crippen LogP contribution in [0, 0.1) is 13.8 Å². The summed E-state index contributed by atoms with van der Waals surface area (Å²) in [5.41, 5.74) is 0.823. The van der Waals surface area contributed by atoms with Gasteiger partial charge in [-0.05, 0) is 26.7 Å². The molecule has 3 heterocycles. The van der Waals surface area contributed by atoms with Gasteiger partial charge >= 0.3 is 6.03 Å². The Kier molecular flexibility index (Phi) is 3.84. The Balaban J connectivity index is 1.62. The summed E-state index contributed by atoms with van der Waals surface area (Å²) in [5, 5.41) is 3.77. The minimum atomic E-state index is 0.0358. The maximum absolute atomic E-state index is 12.5. The molecule has 1 aromatic rings. The van der Waals surface area contributed by atoms with Crippen LogP contribution < -0.4 is 5.32 Å². The topological polar surface area (TPSA) is 65.5 Å². The number of carbonyl (C=O) groups excluding carboxylic acids is 2. The van der Waals surface area contributed by atoms with Crippen molar-refractivity contribution in [2.75, 3.05) is 26.2 Å². The van der Waals surface area contributed by atoms with E-state index in [1.807, 2.05) is 23.6 Å². The number of likely N-dealkylation sites (tertiary alicyclic amines) is 1. The number of amides is 3. The van der Waals surface area contributed by atoms with Crippen LogP contribution in [-0.4, -0.2) is 58.9 Å². The van der Waals surface area contributed by atoms with Crippen LogP contribution in [0.4, 0.5) is 4.79 Å². The second-order valence-electron chi connectivity index (χ2n) is 5.60. The van der Waals surface area contributed by atoms with E-state index in [2.05, 4.69) is 10.3 Å². The highest BCUT2D eigenvalue weighted by Gasteiger charge is 2.32. The molecule has 1 N–H and O–H groups in total. The van der Waals surface area contributed by atoms with Gasteiger partial charge in [-0.3, -0.25) is 4.79 Å². The van der Waals surface area contributed by atoms with Crippen molar-refractivity contribution in [3.63, 3.8) is 0 Å². The van der Waals surface area contributed by atoms with Gasteiger partial charge in [0.1, 0.15) is 4.88 Å². The summed E-state index contributed by atoms with van der Waals surface area (Å²) in [6, 6.07) is 0.301. The lowest BCUT2D eigenvalue weighted by molar-refractivity contribution is 0.0670. The second kappa shape index (κ2) is 5.63. The Hall–Kier alpha value is -1.63. The lowest BCUT2D eigenvalue weighted by Crippen LogP contribution is -2.47. The van der Waals surface area contributed by atoms with Gasteiger partial charge in [0.05, 0.1) is 10.7 Å². The predicted molar refractivity (Wildman–Crippen MR) is 80.6 cm³/mol. The van der Waals surface area contributed by atoms with E-state index in [-0.39, 0.29) is 18.0 Å². The molecular formula is C14H20N4O2S. The summed E-state index contributed by atoms with van der Waals surface area (Å²) in [4.78, 5) is 33.1. The van der Waals surface area contributed by atoms with E-state index < -0.39 is 0 Å². The molecule has 2 saturated heterocycles. The molecule has 1 aromatic heterocycles. The third kappa shape index (κ3) is 2.74. The third-order valence-corrected chi connectivity index (χ3v) is 5.24. The average molecular weight is 308 g/mol. The van der Waals surface area contributed by atoms with Crippen LogP contribution in [0.2, 0.25) is 0 Å². The minimum absolute atomic E-state index is 0.0358. The number of aromatic nitrogens is 1. The molecule has 0 unspecified atom stereocenters. The molecule has 0 spiro atoms. The van der Waals surface area contributed by atoms with E-state index in [4.69, 9.17) is 0 Å². The van der Waals surface area contributed by atoms with Gasteiger partial charge < -0.3 is 15.1 Å². The van der Waals surface area contributed by atoms with Gasteiger partial charge in [0, 0.05) is 32.2 Å². The number of aryl methyl sites for hydroxylation is 2. The number of hydrogen-bond acceptors (Lipinski definition) is 4. The molecule has 21 heavy (non-hydrogen) atoms. The van der Waals surface area contributed by atoms with Crippen LogP contribution in [0.25, 0.3) is 0 Å². The summed E-state index contributed by atoms with van der Waals surface area (Å²) in [5.74, 6) is 0.0856. The summed E-state index contributed by atoms with van der Waals surface area (Å²) in [7, 11) is 0. The number of hydrogen-bond donors (Lipinski definition) is 1. The van der Waals surface area contributed by atoms with Crippen LogP contribution in [-0.2, 0) is 0 Å². The molecule has 2 fully saturated rings. The van der Waals surface area contributed by atoms with E-state index in [0.29, 0.717) is 13.1 Å². The maximum atomic E-state index is 12.5. The Labute approximate surface area is 128 Å². The molecule has 0 aliphatic carbocycles. The maximum Gasteiger partial charge on any atom is 0.317 e. The lowest BCUT2D eigenvalue weighted by atomic mass is 10.0. The molecule has 3 amide bonds. The van der Waals surface area contributed by atoms with E-state index in [0.717, 1.165) is 41.5 Å². The van der Waals surface area contributed by atoms with Crippen molar-refractivity contribution in [3.8, 4) is 0 Å². The molecule has 0 atom stereocenters. The quantitative estimate of drug-likeness (QED) is 0.898. The fourth-order valence-corrected chi connectivity index (χ4v) is 3.98. The second-order valence-corrected chi connectivity index (χ2v) is 6.80. The first-order valence-electron chi connectivity index (χ1n) is 7.34. The van der Waals surface area contributed by atoms with Crippen molar-refractivity contribution in [2.45, 2.75) is 32.7 Å². The zero-order valence-electron chi connectivity index (χ0n) is 12.4. The molecule has 0 radical (unpaired) electrons. The fourth-order valence-electron chi connectivity index (χ4n) is 3.09. The molecule has 0 saturated carbocycles.